The van der Waals surface area contributed by atoms with Crippen LogP contribution in [0.2, 0.25) is 0 Å². The Morgan fingerprint density at radius 3 is 2.68 bits per heavy atom. The average molecular weight is 407 g/mol. The summed E-state index contributed by atoms with van der Waals surface area (Å²) in [6, 6.07) is 18.9. The smallest absolute Gasteiger partial charge is 0.270 e. The van der Waals surface area contributed by atoms with Crippen molar-refractivity contribution in [3.8, 4) is 22.8 Å². The fourth-order valence-corrected chi connectivity index (χ4v) is 4.31. The zero-order valence-corrected chi connectivity index (χ0v) is 16.1. The molecular weight excluding hydrogens is 394 g/mol. The molecule has 2 aromatic carbocycles. The van der Waals surface area contributed by atoms with Crippen LogP contribution in [-0.4, -0.2) is 17.0 Å². The number of rotatable bonds is 3. The molecule has 0 atom stereocenters. The van der Waals surface area contributed by atoms with Crippen molar-refractivity contribution in [2.24, 2.45) is 0 Å². The van der Waals surface area contributed by atoms with Gasteiger partial charge in [-0.1, -0.05) is 54.3 Å². The quantitative estimate of drug-likeness (QED) is 0.446. The lowest BCUT2D eigenvalue weighted by molar-refractivity contribution is -0.113. The molecule has 138 valence electrons. The van der Waals surface area contributed by atoms with E-state index in [4.69, 9.17) is 26.1 Å². The van der Waals surface area contributed by atoms with Gasteiger partial charge in [-0.15, -0.1) is 0 Å². The van der Waals surface area contributed by atoms with Gasteiger partial charge in [-0.3, -0.25) is 9.69 Å². The van der Waals surface area contributed by atoms with E-state index in [2.05, 4.69) is 0 Å². The van der Waals surface area contributed by atoms with Crippen LogP contribution in [0.25, 0.3) is 17.4 Å². The summed E-state index contributed by atoms with van der Waals surface area (Å²) in [6.07, 6.45) is 1.72. The van der Waals surface area contributed by atoms with E-state index in [-0.39, 0.29) is 12.7 Å². The second-order valence-electron chi connectivity index (χ2n) is 6.12. The van der Waals surface area contributed by atoms with Crippen LogP contribution in [0.4, 0.5) is 5.69 Å². The van der Waals surface area contributed by atoms with Crippen molar-refractivity contribution in [2.75, 3.05) is 11.7 Å². The molecule has 7 heteroatoms. The van der Waals surface area contributed by atoms with Crippen molar-refractivity contribution in [2.45, 2.75) is 0 Å². The topological polar surface area (TPSA) is 51.9 Å². The van der Waals surface area contributed by atoms with Gasteiger partial charge in [-0.2, -0.15) is 0 Å². The van der Waals surface area contributed by atoms with Crippen molar-refractivity contribution in [1.29, 1.82) is 0 Å². The van der Waals surface area contributed by atoms with E-state index in [1.807, 2.05) is 42.5 Å². The minimum atomic E-state index is -0.188. The third-order valence-corrected chi connectivity index (χ3v) is 5.67. The summed E-state index contributed by atoms with van der Waals surface area (Å²) in [6.45, 7) is 0.180. The summed E-state index contributed by atoms with van der Waals surface area (Å²) in [7, 11) is 0. The Morgan fingerprint density at radius 1 is 1.00 bits per heavy atom. The van der Waals surface area contributed by atoms with Gasteiger partial charge in [-0.05, 0) is 24.3 Å². The Hall–Kier alpha value is -3.03. The molecule has 3 aromatic rings. The first-order valence-electron chi connectivity index (χ1n) is 8.52. The van der Waals surface area contributed by atoms with Crippen LogP contribution >= 0.6 is 24.0 Å². The highest BCUT2D eigenvalue weighted by Crippen LogP contribution is 2.41. The standard InChI is InChI=1S/C21H13NO4S2/c23-20-19(11-15-7-9-16(26-15)13-4-2-1-3-5-13)28-21(27)22(20)14-6-8-17-18(10-14)25-12-24-17/h1-11H,12H2/b19-11-. The van der Waals surface area contributed by atoms with Crippen LogP contribution in [-0.2, 0) is 4.79 Å². The van der Waals surface area contributed by atoms with Crippen molar-refractivity contribution in [3.05, 3.63) is 71.3 Å². The minimum absolute atomic E-state index is 0.180. The number of furan rings is 1. The summed E-state index contributed by atoms with van der Waals surface area (Å²) < 4.78 is 17.1. The molecular formula is C21H13NO4S2. The molecule has 1 saturated heterocycles. The molecule has 2 aliphatic heterocycles. The van der Waals surface area contributed by atoms with Gasteiger partial charge in [-0.25, -0.2) is 0 Å². The molecule has 5 nitrogen and oxygen atoms in total. The van der Waals surface area contributed by atoms with Crippen molar-refractivity contribution < 1.29 is 18.7 Å². The van der Waals surface area contributed by atoms with E-state index in [9.17, 15) is 4.79 Å². The van der Waals surface area contributed by atoms with Crippen LogP contribution in [0.5, 0.6) is 11.5 Å². The van der Waals surface area contributed by atoms with Gasteiger partial charge in [0, 0.05) is 17.7 Å². The molecule has 1 aromatic heterocycles. The first-order valence-corrected chi connectivity index (χ1v) is 9.74. The number of carbonyl (C=O) groups is 1. The van der Waals surface area contributed by atoms with Crippen LogP contribution in [0.15, 0.2) is 70.0 Å². The van der Waals surface area contributed by atoms with Gasteiger partial charge in [0.2, 0.25) is 6.79 Å². The number of amides is 1. The number of ether oxygens (including phenoxy) is 2. The lowest BCUT2D eigenvalue weighted by Gasteiger charge is -2.14. The number of thioether (sulfide) groups is 1. The van der Waals surface area contributed by atoms with E-state index < -0.39 is 0 Å². The summed E-state index contributed by atoms with van der Waals surface area (Å²) in [4.78, 5) is 14.9. The van der Waals surface area contributed by atoms with Crippen LogP contribution in [0.1, 0.15) is 5.76 Å². The monoisotopic (exact) mass is 407 g/mol. The molecule has 0 spiro atoms. The van der Waals surface area contributed by atoms with Gasteiger partial charge in [0.25, 0.3) is 5.91 Å². The maximum absolute atomic E-state index is 12.9. The summed E-state index contributed by atoms with van der Waals surface area (Å²) in [5.74, 6) is 2.43. The van der Waals surface area contributed by atoms with E-state index in [0.717, 1.165) is 11.3 Å². The molecule has 0 saturated carbocycles. The Bertz CT molecular complexity index is 1120. The zero-order valence-electron chi connectivity index (χ0n) is 14.5. The Morgan fingerprint density at radius 2 is 1.82 bits per heavy atom. The molecule has 5 rings (SSSR count). The fraction of sp³-hybridized carbons (Fsp3) is 0.0476. The second-order valence-corrected chi connectivity index (χ2v) is 7.80. The third-order valence-electron chi connectivity index (χ3n) is 4.37. The number of nitrogens with zero attached hydrogens (tertiary/aromatic N) is 1. The molecule has 2 aliphatic rings. The summed E-state index contributed by atoms with van der Waals surface area (Å²) >= 11 is 6.67. The average Bonchev–Trinajstić information content (AvgIpc) is 3.42. The zero-order chi connectivity index (χ0) is 19.1. The minimum Gasteiger partial charge on any atom is -0.457 e. The van der Waals surface area contributed by atoms with Crippen molar-refractivity contribution in [3.63, 3.8) is 0 Å². The number of hydrogen-bond acceptors (Lipinski definition) is 6. The number of benzene rings is 2. The first-order chi connectivity index (χ1) is 13.7. The van der Waals surface area contributed by atoms with Crippen LogP contribution in [0.3, 0.4) is 0 Å². The molecule has 0 N–H and O–H groups in total. The van der Waals surface area contributed by atoms with Gasteiger partial charge in [0.05, 0.1) is 10.6 Å². The Kier molecular flexibility index (Phi) is 4.18. The van der Waals surface area contributed by atoms with Crippen molar-refractivity contribution >= 4 is 46.0 Å². The number of thiocarbonyl (C=S) groups is 1. The molecule has 3 heterocycles. The Labute approximate surface area is 170 Å². The molecule has 0 bridgehead atoms. The second kappa shape index (κ2) is 6.85. The van der Waals surface area contributed by atoms with Crippen LogP contribution < -0.4 is 14.4 Å². The highest BCUT2D eigenvalue weighted by Gasteiger charge is 2.34. The van der Waals surface area contributed by atoms with Gasteiger partial charge in [0.15, 0.2) is 15.8 Å². The SMILES string of the molecule is O=C1/C(=C/c2ccc(-c3ccccc3)o2)SC(=S)N1c1ccc2c(c1)OCO2. The Balaban J connectivity index is 1.42. The highest BCUT2D eigenvalue weighted by molar-refractivity contribution is 8.27. The van der Waals surface area contributed by atoms with E-state index >= 15 is 0 Å². The number of hydrogen-bond donors (Lipinski definition) is 0. The summed E-state index contributed by atoms with van der Waals surface area (Å²) in [5.41, 5.74) is 1.63. The van der Waals surface area contributed by atoms with Gasteiger partial charge < -0.3 is 13.9 Å². The summed E-state index contributed by atoms with van der Waals surface area (Å²) in [5, 5.41) is 0. The predicted molar refractivity (Wildman–Crippen MR) is 112 cm³/mol. The maximum Gasteiger partial charge on any atom is 0.270 e. The third kappa shape index (κ3) is 2.98. The number of fused-ring (bicyclic) bond motifs is 1. The molecule has 0 unspecified atom stereocenters. The first kappa shape index (κ1) is 17.1. The largest absolute Gasteiger partial charge is 0.457 e. The van der Waals surface area contributed by atoms with E-state index in [1.54, 1.807) is 24.3 Å². The van der Waals surface area contributed by atoms with E-state index in [0.29, 0.717) is 32.2 Å². The van der Waals surface area contributed by atoms with Gasteiger partial charge >= 0.3 is 0 Å². The lowest BCUT2D eigenvalue weighted by atomic mass is 10.2. The normalized spacial score (nSPS) is 17.0. The molecule has 1 fully saturated rings. The lowest BCUT2D eigenvalue weighted by Crippen LogP contribution is -2.27. The number of anilines is 1. The van der Waals surface area contributed by atoms with Crippen LogP contribution in [0, 0.1) is 0 Å². The van der Waals surface area contributed by atoms with Gasteiger partial charge in [0.1, 0.15) is 11.5 Å². The predicted octanol–water partition coefficient (Wildman–Crippen LogP) is 5.08. The maximum atomic E-state index is 12.9. The molecule has 0 aliphatic carbocycles. The highest BCUT2D eigenvalue weighted by atomic mass is 32.2. The molecule has 0 radical (unpaired) electrons. The van der Waals surface area contributed by atoms with Crippen molar-refractivity contribution in [1.82, 2.24) is 0 Å². The van der Waals surface area contributed by atoms with E-state index in [1.165, 1.54) is 16.7 Å². The fourth-order valence-electron chi connectivity index (χ4n) is 3.03. The number of carbonyl (C=O) groups excluding carboxylic acids is 1. The molecule has 1 amide bonds. The molecule has 28 heavy (non-hydrogen) atoms.